The third-order valence-corrected chi connectivity index (χ3v) is 2.82. The van der Waals surface area contributed by atoms with Gasteiger partial charge in [0.1, 0.15) is 5.82 Å². The number of halogens is 1. The van der Waals surface area contributed by atoms with E-state index in [4.69, 9.17) is 0 Å². The van der Waals surface area contributed by atoms with Crippen LogP contribution in [-0.4, -0.2) is 9.55 Å². The zero-order valence-corrected chi connectivity index (χ0v) is 9.57. The highest BCUT2D eigenvalue weighted by Gasteiger charge is 2.05. The first-order chi connectivity index (χ1) is 7.68. The Morgan fingerprint density at radius 1 is 1.19 bits per heavy atom. The molecule has 0 atom stereocenters. The van der Waals surface area contributed by atoms with Gasteiger partial charge in [-0.3, -0.25) is 4.98 Å². The summed E-state index contributed by atoms with van der Waals surface area (Å²) in [5.41, 5.74) is 2.94. The highest BCUT2D eigenvalue weighted by molar-refractivity contribution is 5.14. The van der Waals surface area contributed by atoms with Gasteiger partial charge in [0.05, 0.1) is 5.69 Å². The van der Waals surface area contributed by atoms with Gasteiger partial charge in [-0.05, 0) is 38.1 Å². The predicted molar refractivity (Wildman–Crippen MR) is 61.8 cm³/mol. The molecule has 16 heavy (non-hydrogen) atoms. The minimum Gasteiger partial charge on any atom is -0.349 e. The van der Waals surface area contributed by atoms with Crippen LogP contribution in [0.3, 0.4) is 0 Å². The molecule has 2 rings (SSSR count). The molecule has 0 radical (unpaired) electrons. The van der Waals surface area contributed by atoms with Gasteiger partial charge in [0.15, 0.2) is 0 Å². The Morgan fingerprint density at radius 3 is 2.50 bits per heavy atom. The highest BCUT2D eigenvalue weighted by Crippen LogP contribution is 2.10. The molecule has 2 aromatic heterocycles. The Hall–Kier alpha value is -1.64. The summed E-state index contributed by atoms with van der Waals surface area (Å²) in [4.78, 5) is 4.05. The molecule has 0 spiro atoms. The van der Waals surface area contributed by atoms with Crippen LogP contribution in [0, 0.1) is 19.7 Å². The third kappa shape index (κ3) is 2.13. The molecule has 84 valence electrons. The van der Waals surface area contributed by atoms with E-state index in [-0.39, 0.29) is 5.82 Å². The average molecular weight is 218 g/mol. The number of hydrogen-bond acceptors (Lipinski definition) is 1. The second kappa shape index (κ2) is 4.47. The van der Waals surface area contributed by atoms with Crippen LogP contribution in [0.15, 0.2) is 30.5 Å². The molecule has 0 fully saturated rings. The zero-order valence-electron chi connectivity index (χ0n) is 9.57. The van der Waals surface area contributed by atoms with Gasteiger partial charge in [-0.15, -0.1) is 0 Å². The summed E-state index contributed by atoms with van der Waals surface area (Å²) in [6.07, 6.45) is 2.26. The van der Waals surface area contributed by atoms with Crippen molar-refractivity contribution < 1.29 is 4.39 Å². The summed E-state index contributed by atoms with van der Waals surface area (Å²) in [6.45, 7) is 4.89. The minimum absolute atomic E-state index is 0.218. The number of aryl methyl sites for hydroxylation is 3. The van der Waals surface area contributed by atoms with Crippen molar-refractivity contribution in [1.29, 1.82) is 0 Å². The van der Waals surface area contributed by atoms with E-state index in [9.17, 15) is 4.39 Å². The Morgan fingerprint density at radius 2 is 1.88 bits per heavy atom. The highest BCUT2D eigenvalue weighted by atomic mass is 19.1. The fourth-order valence-corrected chi connectivity index (χ4v) is 1.87. The maximum absolute atomic E-state index is 13.3. The van der Waals surface area contributed by atoms with E-state index < -0.39 is 0 Å². The van der Waals surface area contributed by atoms with Crippen LogP contribution < -0.4 is 0 Å². The van der Waals surface area contributed by atoms with Crippen LogP contribution in [0.1, 0.15) is 17.1 Å². The van der Waals surface area contributed by atoms with Crippen LogP contribution in [0.2, 0.25) is 0 Å². The standard InChI is InChI=1S/C13H15FN2/c1-10-5-6-11(2)16(10)9-7-13-12(14)4-3-8-15-13/h3-6,8H,7,9H2,1-2H3. The lowest BCUT2D eigenvalue weighted by atomic mass is 10.2. The molecule has 0 bridgehead atoms. The first-order valence-corrected chi connectivity index (χ1v) is 5.40. The first kappa shape index (κ1) is 10.9. The number of nitrogens with zero attached hydrogens (tertiary/aromatic N) is 2. The lowest BCUT2D eigenvalue weighted by Crippen LogP contribution is -2.07. The summed E-state index contributed by atoms with van der Waals surface area (Å²) in [5.74, 6) is -0.218. The van der Waals surface area contributed by atoms with Gasteiger partial charge in [0.25, 0.3) is 0 Å². The van der Waals surface area contributed by atoms with E-state index in [1.807, 2.05) is 0 Å². The molecule has 0 aliphatic heterocycles. The molecule has 0 saturated carbocycles. The van der Waals surface area contributed by atoms with Gasteiger partial charge in [-0.1, -0.05) is 0 Å². The summed E-state index contributed by atoms with van der Waals surface area (Å²) >= 11 is 0. The third-order valence-electron chi connectivity index (χ3n) is 2.82. The lowest BCUT2D eigenvalue weighted by molar-refractivity contribution is 0.575. The Balaban J connectivity index is 2.11. The maximum atomic E-state index is 13.3. The molecule has 0 aliphatic rings. The molecule has 0 aromatic carbocycles. The summed E-state index contributed by atoms with van der Waals surface area (Å²) < 4.78 is 15.5. The maximum Gasteiger partial charge on any atom is 0.144 e. The second-order valence-corrected chi connectivity index (χ2v) is 3.95. The molecule has 2 aromatic rings. The molecular weight excluding hydrogens is 203 g/mol. The number of hydrogen-bond donors (Lipinski definition) is 0. The van der Waals surface area contributed by atoms with Crippen molar-refractivity contribution in [2.75, 3.05) is 0 Å². The molecule has 0 aliphatic carbocycles. The van der Waals surface area contributed by atoms with Gasteiger partial charge in [0, 0.05) is 30.6 Å². The van der Waals surface area contributed by atoms with Gasteiger partial charge in [0.2, 0.25) is 0 Å². The van der Waals surface area contributed by atoms with E-state index in [0.717, 1.165) is 6.54 Å². The van der Waals surface area contributed by atoms with E-state index in [1.54, 1.807) is 12.3 Å². The van der Waals surface area contributed by atoms with E-state index in [0.29, 0.717) is 12.1 Å². The molecular formula is C13H15FN2. The Labute approximate surface area is 94.8 Å². The molecule has 0 N–H and O–H groups in total. The molecule has 0 saturated heterocycles. The second-order valence-electron chi connectivity index (χ2n) is 3.95. The van der Waals surface area contributed by atoms with Crippen LogP contribution in [0.25, 0.3) is 0 Å². The molecule has 0 amide bonds. The van der Waals surface area contributed by atoms with E-state index >= 15 is 0 Å². The minimum atomic E-state index is -0.218. The monoisotopic (exact) mass is 218 g/mol. The van der Waals surface area contributed by atoms with E-state index in [2.05, 4.69) is 35.5 Å². The largest absolute Gasteiger partial charge is 0.349 e. The van der Waals surface area contributed by atoms with Crippen molar-refractivity contribution in [3.8, 4) is 0 Å². The normalized spacial score (nSPS) is 10.7. The summed E-state index contributed by atoms with van der Waals surface area (Å²) in [6, 6.07) is 7.22. The van der Waals surface area contributed by atoms with Gasteiger partial charge < -0.3 is 4.57 Å². The number of rotatable bonds is 3. The van der Waals surface area contributed by atoms with Crippen molar-refractivity contribution in [2.45, 2.75) is 26.8 Å². The van der Waals surface area contributed by atoms with Crippen molar-refractivity contribution in [3.63, 3.8) is 0 Å². The van der Waals surface area contributed by atoms with Crippen molar-refractivity contribution >= 4 is 0 Å². The van der Waals surface area contributed by atoms with Crippen molar-refractivity contribution in [2.24, 2.45) is 0 Å². The predicted octanol–water partition coefficient (Wildman–Crippen LogP) is 2.88. The topological polar surface area (TPSA) is 17.8 Å². The van der Waals surface area contributed by atoms with Gasteiger partial charge >= 0.3 is 0 Å². The van der Waals surface area contributed by atoms with Crippen molar-refractivity contribution in [1.82, 2.24) is 9.55 Å². The summed E-state index contributed by atoms with van der Waals surface area (Å²) in [5, 5.41) is 0. The smallest absolute Gasteiger partial charge is 0.144 e. The Kier molecular flexibility index (Phi) is 3.04. The summed E-state index contributed by atoms with van der Waals surface area (Å²) in [7, 11) is 0. The molecule has 0 unspecified atom stereocenters. The SMILES string of the molecule is Cc1ccc(C)n1CCc1ncccc1F. The fraction of sp³-hybridized carbons (Fsp3) is 0.308. The number of aromatic nitrogens is 2. The molecule has 2 heterocycles. The first-order valence-electron chi connectivity index (χ1n) is 5.40. The lowest BCUT2D eigenvalue weighted by Gasteiger charge is -2.09. The van der Waals surface area contributed by atoms with Crippen LogP contribution in [0.5, 0.6) is 0 Å². The molecule has 3 heteroatoms. The van der Waals surface area contributed by atoms with Crippen molar-refractivity contribution in [3.05, 3.63) is 53.4 Å². The Bertz CT molecular complexity index is 469. The van der Waals surface area contributed by atoms with Crippen LogP contribution in [0.4, 0.5) is 4.39 Å². The van der Waals surface area contributed by atoms with Gasteiger partial charge in [-0.2, -0.15) is 0 Å². The average Bonchev–Trinajstić information content (AvgIpc) is 2.58. The number of pyridine rings is 1. The van der Waals surface area contributed by atoms with Gasteiger partial charge in [-0.25, -0.2) is 4.39 Å². The van der Waals surface area contributed by atoms with E-state index in [1.165, 1.54) is 17.5 Å². The fourth-order valence-electron chi connectivity index (χ4n) is 1.87. The zero-order chi connectivity index (χ0) is 11.5. The van der Waals surface area contributed by atoms with Crippen LogP contribution in [-0.2, 0) is 13.0 Å². The quantitative estimate of drug-likeness (QED) is 0.774. The van der Waals surface area contributed by atoms with Crippen LogP contribution >= 0.6 is 0 Å². The molecule has 2 nitrogen and oxygen atoms in total.